The molecule has 0 unspecified atom stereocenters. The van der Waals surface area contributed by atoms with Crippen molar-refractivity contribution in [3.05, 3.63) is 34.9 Å². The second-order valence-corrected chi connectivity index (χ2v) is 3.32. The van der Waals surface area contributed by atoms with Crippen LogP contribution in [0.2, 0.25) is 0 Å². The van der Waals surface area contributed by atoms with Gasteiger partial charge in [0, 0.05) is 5.33 Å². The topological polar surface area (TPSA) is 46.2 Å². The Bertz CT molecular complexity index is 401. The molecule has 0 saturated carbocycles. The maximum Gasteiger partial charge on any atom is 0.259 e. The maximum atomic E-state index is 11.3. The molecule has 0 atom stereocenters. The van der Waals surface area contributed by atoms with E-state index in [9.17, 15) is 9.59 Å². The first-order valence-electron chi connectivity index (χ1n) is 3.77. The van der Waals surface area contributed by atoms with Crippen molar-refractivity contribution < 1.29 is 9.59 Å². The summed E-state index contributed by atoms with van der Waals surface area (Å²) >= 11 is 3.27. The molecule has 66 valence electrons. The van der Waals surface area contributed by atoms with Crippen LogP contribution in [0.1, 0.15) is 26.3 Å². The number of hydrogen-bond donors (Lipinski definition) is 1. The first-order chi connectivity index (χ1) is 6.24. The summed E-state index contributed by atoms with van der Waals surface area (Å²) in [5.74, 6) is -0.599. The zero-order valence-corrected chi connectivity index (χ0v) is 8.22. The second-order valence-electron chi connectivity index (χ2n) is 2.76. The van der Waals surface area contributed by atoms with Crippen LogP contribution in [0.4, 0.5) is 0 Å². The largest absolute Gasteiger partial charge is 0.288 e. The highest BCUT2D eigenvalue weighted by atomic mass is 79.9. The van der Waals surface area contributed by atoms with Crippen LogP contribution < -0.4 is 5.32 Å². The van der Waals surface area contributed by atoms with Crippen molar-refractivity contribution in [2.45, 2.75) is 5.33 Å². The monoisotopic (exact) mass is 239 g/mol. The Labute approximate surface area is 83.3 Å². The molecule has 3 nitrogen and oxygen atoms in total. The molecule has 1 aromatic carbocycles. The zero-order chi connectivity index (χ0) is 9.42. The van der Waals surface area contributed by atoms with E-state index in [-0.39, 0.29) is 11.8 Å². The molecule has 1 N–H and O–H groups in total. The predicted molar refractivity (Wildman–Crippen MR) is 50.9 cm³/mol. The van der Waals surface area contributed by atoms with Gasteiger partial charge in [-0.05, 0) is 11.6 Å². The minimum Gasteiger partial charge on any atom is -0.288 e. The van der Waals surface area contributed by atoms with Gasteiger partial charge >= 0.3 is 0 Å². The third-order valence-electron chi connectivity index (χ3n) is 1.99. The number of fused-ring (bicyclic) bond motifs is 1. The highest BCUT2D eigenvalue weighted by molar-refractivity contribution is 9.08. The minimum atomic E-state index is -0.303. The molecule has 0 radical (unpaired) electrons. The number of benzene rings is 1. The van der Waals surface area contributed by atoms with Gasteiger partial charge in [0.15, 0.2) is 0 Å². The number of alkyl halides is 1. The van der Waals surface area contributed by atoms with Gasteiger partial charge in [-0.3, -0.25) is 14.9 Å². The predicted octanol–water partition coefficient (Wildman–Crippen LogP) is 1.47. The van der Waals surface area contributed by atoms with E-state index < -0.39 is 0 Å². The van der Waals surface area contributed by atoms with Gasteiger partial charge in [0.2, 0.25) is 0 Å². The summed E-state index contributed by atoms with van der Waals surface area (Å²) in [6, 6.07) is 5.25. The lowest BCUT2D eigenvalue weighted by Crippen LogP contribution is -2.20. The van der Waals surface area contributed by atoms with Gasteiger partial charge < -0.3 is 0 Å². The van der Waals surface area contributed by atoms with E-state index in [2.05, 4.69) is 21.2 Å². The van der Waals surface area contributed by atoms with Crippen molar-refractivity contribution in [2.75, 3.05) is 0 Å². The number of carbonyl (C=O) groups is 2. The zero-order valence-electron chi connectivity index (χ0n) is 6.63. The molecule has 1 aromatic rings. The molecule has 13 heavy (non-hydrogen) atoms. The minimum absolute atomic E-state index is 0.296. The maximum absolute atomic E-state index is 11.3. The van der Waals surface area contributed by atoms with Crippen molar-refractivity contribution in [1.29, 1.82) is 0 Å². The fraction of sp³-hybridized carbons (Fsp3) is 0.111. The number of imide groups is 1. The summed E-state index contributed by atoms with van der Waals surface area (Å²) in [5.41, 5.74) is 1.83. The number of rotatable bonds is 1. The third kappa shape index (κ3) is 1.18. The Morgan fingerprint density at radius 3 is 2.69 bits per heavy atom. The molecule has 0 aromatic heterocycles. The summed E-state index contributed by atoms with van der Waals surface area (Å²) in [6.07, 6.45) is 0. The molecule has 1 heterocycles. The summed E-state index contributed by atoms with van der Waals surface area (Å²) in [5, 5.41) is 2.84. The van der Waals surface area contributed by atoms with Gasteiger partial charge in [-0.15, -0.1) is 0 Å². The number of hydrogen-bond acceptors (Lipinski definition) is 2. The Morgan fingerprint density at radius 2 is 2.00 bits per heavy atom. The molecule has 2 amide bonds. The van der Waals surface area contributed by atoms with Crippen molar-refractivity contribution in [3.63, 3.8) is 0 Å². The second kappa shape index (κ2) is 2.96. The van der Waals surface area contributed by atoms with Crippen molar-refractivity contribution >= 4 is 27.7 Å². The summed E-state index contributed by atoms with van der Waals surface area (Å²) < 4.78 is 0. The lowest BCUT2D eigenvalue weighted by atomic mass is 10.0. The summed E-state index contributed by atoms with van der Waals surface area (Å²) in [6.45, 7) is 0. The van der Waals surface area contributed by atoms with E-state index in [1.165, 1.54) is 0 Å². The average molecular weight is 240 g/mol. The van der Waals surface area contributed by atoms with Crippen LogP contribution in [-0.2, 0) is 5.33 Å². The standard InChI is InChI=1S/C9H6BrNO2/c10-4-5-2-1-3-6-7(5)9(13)11-8(6)12/h1-3H,4H2,(H,11,12,13). The SMILES string of the molecule is O=C1NC(=O)c2c(CBr)cccc21. The van der Waals surface area contributed by atoms with Crippen LogP contribution in [0.15, 0.2) is 18.2 Å². The highest BCUT2D eigenvalue weighted by Gasteiger charge is 2.28. The fourth-order valence-electron chi connectivity index (χ4n) is 1.40. The van der Waals surface area contributed by atoms with Crippen molar-refractivity contribution in [2.24, 2.45) is 0 Å². The van der Waals surface area contributed by atoms with E-state index in [1.807, 2.05) is 6.07 Å². The van der Waals surface area contributed by atoms with Crippen LogP contribution >= 0.6 is 15.9 Å². The number of halogens is 1. The number of nitrogens with one attached hydrogen (secondary N) is 1. The van der Waals surface area contributed by atoms with Gasteiger partial charge in [-0.2, -0.15) is 0 Å². The first-order valence-corrected chi connectivity index (χ1v) is 4.89. The molecule has 1 aliphatic rings. The van der Waals surface area contributed by atoms with E-state index >= 15 is 0 Å². The summed E-state index contributed by atoms with van der Waals surface area (Å²) in [7, 11) is 0. The molecule has 0 fully saturated rings. The highest BCUT2D eigenvalue weighted by Crippen LogP contribution is 2.21. The number of carbonyl (C=O) groups excluding carboxylic acids is 2. The van der Waals surface area contributed by atoms with Crippen LogP contribution in [-0.4, -0.2) is 11.8 Å². The third-order valence-corrected chi connectivity index (χ3v) is 2.60. The molecule has 0 spiro atoms. The lowest BCUT2D eigenvalue weighted by Gasteiger charge is -1.99. The Kier molecular flexibility index (Phi) is 1.92. The van der Waals surface area contributed by atoms with Crippen LogP contribution in [0.3, 0.4) is 0 Å². The van der Waals surface area contributed by atoms with Crippen LogP contribution in [0, 0.1) is 0 Å². The molecule has 4 heteroatoms. The average Bonchev–Trinajstić information content (AvgIpc) is 2.43. The van der Waals surface area contributed by atoms with Crippen molar-refractivity contribution in [3.8, 4) is 0 Å². The van der Waals surface area contributed by atoms with E-state index in [4.69, 9.17) is 0 Å². The van der Waals surface area contributed by atoms with Gasteiger partial charge in [0.25, 0.3) is 11.8 Å². The van der Waals surface area contributed by atoms with E-state index in [0.717, 1.165) is 5.56 Å². The Balaban J connectivity index is 2.69. The molecular weight excluding hydrogens is 234 g/mol. The molecule has 0 bridgehead atoms. The summed E-state index contributed by atoms with van der Waals surface area (Å²) in [4.78, 5) is 22.5. The number of amides is 2. The van der Waals surface area contributed by atoms with Gasteiger partial charge in [-0.25, -0.2) is 0 Å². The Morgan fingerprint density at radius 1 is 1.23 bits per heavy atom. The van der Waals surface area contributed by atoms with Gasteiger partial charge in [0.1, 0.15) is 0 Å². The normalized spacial score (nSPS) is 14.2. The Hall–Kier alpha value is -1.16. The fourth-order valence-corrected chi connectivity index (χ4v) is 1.87. The molecule has 1 aliphatic heterocycles. The quantitative estimate of drug-likeness (QED) is 0.596. The lowest BCUT2D eigenvalue weighted by molar-refractivity contribution is 0.0879. The van der Waals surface area contributed by atoms with E-state index in [0.29, 0.717) is 16.5 Å². The van der Waals surface area contributed by atoms with E-state index in [1.54, 1.807) is 12.1 Å². The molecule has 2 rings (SSSR count). The van der Waals surface area contributed by atoms with Crippen molar-refractivity contribution in [1.82, 2.24) is 5.32 Å². The van der Waals surface area contributed by atoms with Gasteiger partial charge in [-0.1, -0.05) is 28.1 Å². The van der Waals surface area contributed by atoms with Crippen LogP contribution in [0.25, 0.3) is 0 Å². The van der Waals surface area contributed by atoms with Gasteiger partial charge in [0.05, 0.1) is 11.1 Å². The molecular formula is C9H6BrNO2. The molecule has 0 saturated heterocycles. The molecule has 0 aliphatic carbocycles. The van der Waals surface area contributed by atoms with Crippen LogP contribution in [0.5, 0.6) is 0 Å². The smallest absolute Gasteiger partial charge is 0.259 e. The first kappa shape index (κ1) is 8.44.